The maximum Gasteiger partial charge on any atom is 0.356 e. The first-order valence-corrected chi connectivity index (χ1v) is 5.03. The lowest BCUT2D eigenvalue weighted by atomic mass is 10.3. The fraction of sp³-hybridized carbons (Fsp3) is 0.167. The first-order valence-electron chi connectivity index (χ1n) is 5.03. The van der Waals surface area contributed by atoms with Gasteiger partial charge >= 0.3 is 5.97 Å². The van der Waals surface area contributed by atoms with Crippen LogP contribution in [0.4, 0.5) is 0 Å². The van der Waals surface area contributed by atoms with Gasteiger partial charge in [0.1, 0.15) is 5.65 Å². The van der Waals surface area contributed by atoms with Gasteiger partial charge in [-0.15, -0.1) is 0 Å². The van der Waals surface area contributed by atoms with Crippen LogP contribution < -0.4 is 0 Å². The summed E-state index contributed by atoms with van der Waals surface area (Å²) in [6.45, 7) is 5.81. The van der Waals surface area contributed by atoms with E-state index in [1.54, 1.807) is 17.4 Å². The molecule has 0 aliphatic carbocycles. The fourth-order valence-corrected chi connectivity index (χ4v) is 1.47. The lowest BCUT2D eigenvalue weighted by Crippen LogP contribution is -2.07. The largest absolute Gasteiger partial charge is 0.461 e. The third kappa shape index (κ3) is 1.69. The molecule has 2 aromatic heterocycles. The van der Waals surface area contributed by atoms with Gasteiger partial charge in [-0.2, -0.15) is 0 Å². The van der Waals surface area contributed by atoms with Crippen molar-refractivity contribution >= 4 is 17.7 Å². The summed E-state index contributed by atoms with van der Waals surface area (Å²) in [6.07, 6.45) is 5.04. The second-order valence-corrected chi connectivity index (χ2v) is 3.26. The number of pyridine rings is 1. The Labute approximate surface area is 93.2 Å². The second-order valence-electron chi connectivity index (χ2n) is 3.26. The molecule has 0 N–H and O–H groups in total. The summed E-state index contributed by atoms with van der Waals surface area (Å²) in [6, 6.07) is 3.73. The van der Waals surface area contributed by atoms with Crippen molar-refractivity contribution in [1.82, 2.24) is 9.38 Å². The summed E-state index contributed by atoms with van der Waals surface area (Å²) < 4.78 is 6.65. The zero-order valence-electron chi connectivity index (χ0n) is 9.01. The summed E-state index contributed by atoms with van der Waals surface area (Å²) in [7, 11) is 0. The summed E-state index contributed by atoms with van der Waals surface area (Å²) >= 11 is 0. The molecule has 0 saturated heterocycles. The van der Waals surface area contributed by atoms with Gasteiger partial charge in [0.15, 0.2) is 5.69 Å². The van der Waals surface area contributed by atoms with E-state index in [4.69, 9.17) is 4.74 Å². The first-order chi connectivity index (χ1) is 7.76. The van der Waals surface area contributed by atoms with Crippen LogP contribution in [0.3, 0.4) is 0 Å². The molecule has 0 radical (unpaired) electrons. The van der Waals surface area contributed by atoms with Crippen molar-refractivity contribution in [2.75, 3.05) is 6.61 Å². The molecule has 0 atom stereocenters. The molecular weight excluding hydrogens is 204 g/mol. The Bertz CT molecular complexity index is 543. The molecule has 0 aromatic carbocycles. The molecule has 0 saturated carbocycles. The maximum absolute atomic E-state index is 11.6. The number of ether oxygens (including phenoxy) is 1. The Kier molecular flexibility index (Phi) is 2.72. The number of hydrogen-bond acceptors (Lipinski definition) is 3. The smallest absolute Gasteiger partial charge is 0.356 e. The molecule has 2 rings (SSSR count). The van der Waals surface area contributed by atoms with Crippen LogP contribution in [0.5, 0.6) is 0 Å². The van der Waals surface area contributed by atoms with Gasteiger partial charge in [-0.3, -0.25) is 4.40 Å². The van der Waals surface area contributed by atoms with Crippen LogP contribution in [-0.4, -0.2) is 22.0 Å². The van der Waals surface area contributed by atoms with Gasteiger partial charge in [-0.1, -0.05) is 12.7 Å². The molecule has 16 heavy (non-hydrogen) atoms. The molecule has 4 heteroatoms. The van der Waals surface area contributed by atoms with Crippen molar-refractivity contribution in [2.24, 2.45) is 0 Å². The van der Waals surface area contributed by atoms with Crippen LogP contribution in [0.2, 0.25) is 0 Å². The van der Waals surface area contributed by atoms with E-state index in [1.807, 2.05) is 18.3 Å². The molecule has 4 nitrogen and oxygen atoms in total. The van der Waals surface area contributed by atoms with Gasteiger partial charge in [0.2, 0.25) is 0 Å². The Hall–Kier alpha value is -2.10. The van der Waals surface area contributed by atoms with E-state index < -0.39 is 0 Å². The molecule has 0 bridgehead atoms. The Balaban J connectivity index is 2.53. The standard InChI is InChI=1S/C12H12N2O2/c1-3-9-5-6-11-13-7-10(14(11)8-9)12(15)16-4-2/h3,5-8H,1,4H2,2H3. The predicted molar refractivity (Wildman–Crippen MR) is 61.2 cm³/mol. The van der Waals surface area contributed by atoms with Crippen molar-refractivity contribution in [3.8, 4) is 0 Å². The van der Waals surface area contributed by atoms with Gasteiger partial charge in [0, 0.05) is 6.20 Å². The number of rotatable bonds is 3. The van der Waals surface area contributed by atoms with Crippen LogP contribution >= 0.6 is 0 Å². The number of nitrogens with zero attached hydrogens (tertiary/aromatic N) is 2. The SMILES string of the molecule is C=Cc1ccc2ncc(C(=O)OCC)n2c1. The molecule has 0 fully saturated rings. The lowest BCUT2D eigenvalue weighted by Gasteiger charge is -2.02. The minimum Gasteiger partial charge on any atom is -0.461 e. The van der Waals surface area contributed by atoms with E-state index >= 15 is 0 Å². The van der Waals surface area contributed by atoms with Crippen LogP contribution in [-0.2, 0) is 4.74 Å². The number of hydrogen-bond donors (Lipinski definition) is 0. The molecule has 2 aromatic rings. The van der Waals surface area contributed by atoms with Gasteiger partial charge in [0.05, 0.1) is 12.8 Å². The number of carbonyl (C=O) groups excluding carboxylic acids is 1. The van der Waals surface area contributed by atoms with E-state index in [1.165, 1.54) is 6.20 Å². The quantitative estimate of drug-likeness (QED) is 0.738. The number of imidazole rings is 1. The normalized spacial score (nSPS) is 10.3. The van der Waals surface area contributed by atoms with E-state index in [0.717, 1.165) is 5.56 Å². The van der Waals surface area contributed by atoms with Crippen molar-refractivity contribution in [3.05, 3.63) is 42.4 Å². The van der Waals surface area contributed by atoms with Gasteiger partial charge in [-0.05, 0) is 24.6 Å². The van der Waals surface area contributed by atoms with Gasteiger partial charge in [-0.25, -0.2) is 9.78 Å². The molecule has 0 amide bonds. The Morgan fingerprint density at radius 1 is 1.62 bits per heavy atom. The highest BCUT2D eigenvalue weighted by molar-refractivity contribution is 5.88. The number of aromatic nitrogens is 2. The molecule has 0 aliphatic rings. The third-order valence-corrected chi connectivity index (χ3v) is 2.25. The van der Waals surface area contributed by atoms with Gasteiger partial charge < -0.3 is 4.74 Å². The molecule has 0 unspecified atom stereocenters. The van der Waals surface area contributed by atoms with E-state index in [0.29, 0.717) is 17.9 Å². The average Bonchev–Trinajstić information content (AvgIpc) is 2.71. The summed E-state index contributed by atoms with van der Waals surface area (Å²) in [4.78, 5) is 15.7. The van der Waals surface area contributed by atoms with Crippen LogP contribution in [0, 0.1) is 0 Å². The Morgan fingerprint density at radius 2 is 2.44 bits per heavy atom. The molecule has 0 aliphatic heterocycles. The van der Waals surface area contributed by atoms with Crippen molar-refractivity contribution in [1.29, 1.82) is 0 Å². The van der Waals surface area contributed by atoms with Crippen molar-refractivity contribution in [3.63, 3.8) is 0 Å². The Morgan fingerprint density at radius 3 is 3.12 bits per heavy atom. The molecular formula is C12H12N2O2. The van der Waals surface area contributed by atoms with Crippen LogP contribution in [0.15, 0.2) is 31.1 Å². The van der Waals surface area contributed by atoms with Crippen molar-refractivity contribution in [2.45, 2.75) is 6.92 Å². The lowest BCUT2D eigenvalue weighted by molar-refractivity contribution is 0.0518. The van der Waals surface area contributed by atoms with Crippen LogP contribution in [0.1, 0.15) is 23.0 Å². The topological polar surface area (TPSA) is 43.6 Å². The number of fused-ring (bicyclic) bond motifs is 1. The van der Waals surface area contributed by atoms with Gasteiger partial charge in [0.25, 0.3) is 0 Å². The van der Waals surface area contributed by atoms with Crippen LogP contribution in [0.25, 0.3) is 11.7 Å². The van der Waals surface area contributed by atoms with E-state index in [2.05, 4.69) is 11.6 Å². The molecule has 0 spiro atoms. The van der Waals surface area contributed by atoms with E-state index in [9.17, 15) is 4.79 Å². The third-order valence-electron chi connectivity index (χ3n) is 2.25. The monoisotopic (exact) mass is 216 g/mol. The zero-order valence-corrected chi connectivity index (χ0v) is 9.01. The molecule has 82 valence electrons. The highest BCUT2D eigenvalue weighted by Crippen LogP contribution is 2.11. The average molecular weight is 216 g/mol. The minimum absolute atomic E-state index is 0.354. The van der Waals surface area contributed by atoms with Crippen molar-refractivity contribution < 1.29 is 9.53 Å². The summed E-state index contributed by atoms with van der Waals surface area (Å²) in [5, 5.41) is 0. The zero-order chi connectivity index (χ0) is 11.5. The maximum atomic E-state index is 11.6. The highest BCUT2D eigenvalue weighted by atomic mass is 16.5. The second kappa shape index (κ2) is 4.18. The highest BCUT2D eigenvalue weighted by Gasteiger charge is 2.12. The predicted octanol–water partition coefficient (Wildman–Crippen LogP) is 2.15. The summed E-state index contributed by atoms with van der Waals surface area (Å²) in [5.74, 6) is -0.365. The molecule has 2 heterocycles. The number of esters is 1. The fourth-order valence-electron chi connectivity index (χ4n) is 1.47. The first kappa shape index (κ1) is 10.4. The summed E-state index contributed by atoms with van der Waals surface area (Å²) in [5.41, 5.74) is 2.07. The minimum atomic E-state index is -0.365. The number of carbonyl (C=O) groups is 1. The van der Waals surface area contributed by atoms with E-state index in [-0.39, 0.29) is 5.97 Å².